The van der Waals surface area contributed by atoms with Crippen LogP contribution in [-0.4, -0.2) is 19.0 Å². The van der Waals surface area contributed by atoms with Gasteiger partial charge in [0.05, 0.1) is 12.0 Å². The number of nitrogens with one attached hydrogen (secondary N) is 1. The van der Waals surface area contributed by atoms with Crippen molar-refractivity contribution >= 4 is 11.4 Å². The van der Waals surface area contributed by atoms with E-state index in [1.54, 1.807) is 18.4 Å². The summed E-state index contributed by atoms with van der Waals surface area (Å²) in [4.78, 5) is 4.78. The molecule has 1 aromatic carbocycles. The lowest BCUT2D eigenvalue weighted by molar-refractivity contribution is 0.159. The molecule has 3 rings (SSSR count). The number of nitrogens with zero attached hydrogens (tertiary/aromatic N) is 1. The molecular weight excluding hydrogens is 417 g/mol. The SMILES string of the molecule is C\C=C/C=C(CC)/C(N)=N/C(NC)C1C=C(c2ccccc2F)C=C(OCc2ccco2)C1. The standard InChI is InChI=1S/C27H32FN3O2/c1-4-6-10-19(5-2)26(29)31-27(30-3)21-15-20(24-12-7-8-13-25(24)28)16-23(17-21)33-18-22-11-9-14-32-22/h4,6-16,21,27,30H,5,17-18H2,1-3H3,(H2,29,31)/b6-4-,19-10+. The van der Waals surface area contributed by atoms with Gasteiger partial charge in [-0.25, -0.2) is 9.38 Å². The van der Waals surface area contributed by atoms with E-state index in [0.29, 0.717) is 24.4 Å². The van der Waals surface area contributed by atoms with E-state index >= 15 is 0 Å². The maximum atomic E-state index is 14.6. The predicted octanol–water partition coefficient (Wildman–Crippen LogP) is 5.74. The van der Waals surface area contributed by atoms with Crippen LogP contribution < -0.4 is 11.1 Å². The molecular formula is C27H32FN3O2. The Morgan fingerprint density at radius 3 is 2.82 bits per heavy atom. The summed E-state index contributed by atoms with van der Waals surface area (Å²) < 4.78 is 26.0. The molecule has 1 aliphatic carbocycles. The van der Waals surface area contributed by atoms with Crippen LogP contribution in [0.3, 0.4) is 0 Å². The lowest BCUT2D eigenvalue weighted by Gasteiger charge is -2.27. The van der Waals surface area contributed by atoms with E-state index in [4.69, 9.17) is 19.9 Å². The summed E-state index contributed by atoms with van der Waals surface area (Å²) in [6, 6.07) is 10.4. The molecule has 33 heavy (non-hydrogen) atoms. The number of rotatable bonds is 10. The van der Waals surface area contributed by atoms with E-state index in [1.807, 2.05) is 69.5 Å². The van der Waals surface area contributed by atoms with E-state index in [1.165, 1.54) is 6.07 Å². The van der Waals surface area contributed by atoms with Gasteiger partial charge in [0.2, 0.25) is 0 Å². The largest absolute Gasteiger partial charge is 0.490 e. The normalized spacial score (nSPS) is 18.2. The van der Waals surface area contributed by atoms with Gasteiger partial charge in [-0.3, -0.25) is 5.32 Å². The van der Waals surface area contributed by atoms with Gasteiger partial charge in [-0.15, -0.1) is 0 Å². The first kappa shape index (κ1) is 24.3. The Balaban J connectivity index is 1.92. The first-order valence-electron chi connectivity index (χ1n) is 11.2. The fourth-order valence-corrected chi connectivity index (χ4v) is 3.73. The molecule has 3 N–H and O–H groups in total. The highest BCUT2D eigenvalue weighted by molar-refractivity contribution is 5.97. The fraction of sp³-hybridized carbons (Fsp3) is 0.296. The Kier molecular flexibility index (Phi) is 8.84. The van der Waals surface area contributed by atoms with Crippen molar-refractivity contribution in [2.75, 3.05) is 7.05 Å². The Bertz CT molecular complexity index is 1060. The molecule has 0 fully saturated rings. The van der Waals surface area contributed by atoms with Crippen LogP contribution in [0.15, 0.2) is 93.8 Å². The smallest absolute Gasteiger partial charge is 0.145 e. The van der Waals surface area contributed by atoms with Crippen molar-refractivity contribution in [1.29, 1.82) is 0 Å². The van der Waals surface area contributed by atoms with Crippen molar-refractivity contribution in [3.8, 4) is 0 Å². The van der Waals surface area contributed by atoms with Gasteiger partial charge in [-0.2, -0.15) is 0 Å². The van der Waals surface area contributed by atoms with Crippen LogP contribution in [0, 0.1) is 11.7 Å². The van der Waals surface area contributed by atoms with E-state index in [9.17, 15) is 4.39 Å². The van der Waals surface area contributed by atoms with Crippen molar-refractivity contribution in [2.24, 2.45) is 16.6 Å². The number of hydrogen-bond acceptors (Lipinski definition) is 4. The maximum Gasteiger partial charge on any atom is 0.145 e. The summed E-state index contributed by atoms with van der Waals surface area (Å²) in [5, 5.41) is 3.26. The highest BCUT2D eigenvalue weighted by Crippen LogP contribution is 2.33. The average molecular weight is 450 g/mol. The van der Waals surface area contributed by atoms with Gasteiger partial charge in [0.15, 0.2) is 0 Å². The van der Waals surface area contributed by atoms with Crippen LogP contribution in [-0.2, 0) is 11.3 Å². The van der Waals surface area contributed by atoms with Gasteiger partial charge in [0, 0.05) is 17.9 Å². The zero-order valence-electron chi connectivity index (χ0n) is 19.4. The summed E-state index contributed by atoms with van der Waals surface area (Å²) >= 11 is 0. The number of ether oxygens (including phenoxy) is 1. The molecule has 0 radical (unpaired) electrons. The van der Waals surface area contributed by atoms with Crippen LogP contribution >= 0.6 is 0 Å². The molecule has 2 atom stereocenters. The first-order chi connectivity index (χ1) is 16.0. The Hall–Kier alpha value is -3.38. The molecule has 6 heteroatoms. The van der Waals surface area contributed by atoms with Crippen molar-refractivity contribution < 1.29 is 13.5 Å². The summed E-state index contributed by atoms with van der Waals surface area (Å²) in [5.74, 6) is 1.59. The number of allylic oxidation sites excluding steroid dienone is 6. The third-order valence-corrected chi connectivity index (χ3v) is 5.49. The van der Waals surface area contributed by atoms with Gasteiger partial charge >= 0.3 is 0 Å². The van der Waals surface area contributed by atoms with Crippen LogP contribution in [0.2, 0.25) is 0 Å². The van der Waals surface area contributed by atoms with Crippen LogP contribution in [0.25, 0.3) is 5.57 Å². The van der Waals surface area contributed by atoms with Crippen LogP contribution in [0.4, 0.5) is 4.39 Å². The number of halogens is 1. The molecule has 174 valence electrons. The minimum atomic E-state index is -0.303. The van der Waals surface area contributed by atoms with E-state index in [0.717, 1.165) is 29.1 Å². The Morgan fingerprint density at radius 2 is 2.15 bits per heavy atom. The summed E-state index contributed by atoms with van der Waals surface area (Å²) in [6.45, 7) is 4.31. The second-order valence-electron chi connectivity index (χ2n) is 7.77. The Labute approximate surface area is 195 Å². The molecule has 2 unspecified atom stereocenters. The van der Waals surface area contributed by atoms with Gasteiger partial charge in [0.1, 0.15) is 30.2 Å². The van der Waals surface area contributed by atoms with Crippen molar-refractivity contribution in [3.05, 3.63) is 102 Å². The topological polar surface area (TPSA) is 72.8 Å². The average Bonchev–Trinajstić information content (AvgIpc) is 3.35. The van der Waals surface area contributed by atoms with E-state index in [2.05, 4.69) is 5.32 Å². The zero-order chi connectivity index (χ0) is 23.6. The number of furan rings is 1. The van der Waals surface area contributed by atoms with Crippen molar-refractivity contribution in [3.63, 3.8) is 0 Å². The van der Waals surface area contributed by atoms with Crippen molar-refractivity contribution in [1.82, 2.24) is 5.32 Å². The minimum Gasteiger partial charge on any atom is -0.490 e. The number of hydrogen-bond donors (Lipinski definition) is 2. The van der Waals surface area contributed by atoms with E-state index in [-0.39, 0.29) is 17.9 Å². The molecule has 1 aromatic heterocycles. The molecule has 0 saturated heterocycles. The van der Waals surface area contributed by atoms with E-state index < -0.39 is 0 Å². The molecule has 1 heterocycles. The number of amidine groups is 1. The molecule has 0 saturated carbocycles. The highest BCUT2D eigenvalue weighted by Gasteiger charge is 2.25. The predicted molar refractivity (Wildman–Crippen MR) is 132 cm³/mol. The van der Waals surface area contributed by atoms with Crippen molar-refractivity contribution in [2.45, 2.75) is 39.5 Å². The number of benzene rings is 1. The van der Waals surface area contributed by atoms with Gasteiger partial charge in [-0.05, 0) is 55.8 Å². The lowest BCUT2D eigenvalue weighted by atomic mass is 9.89. The molecule has 0 amide bonds. The summed E-state index contributed by atoms with van der Waals surface area (Å²) in [6.07, 6.45) is 12.5. The second-order valence-corrected chi connectivity index (χ2v) is 7.77. The summed E-state index contributed by atoms with van der Waals surface area (Å²) in [5.41, 5.74) is 8.59. The molecule has 2 aromatic rings. The van der Waals surface area contributed by atoms with Gasteiger partial charge < -0.3 is 14.9 Å². The quantitative estimate of drug-likeness (QED) is 0.276. The second kappa shape index (κ2) is 12.0. The number of aliphatic imine (C=N–C) groups is 1. The Morgan fingerprint density at radius 1 is 1.33 bits per heavy atom. The molecule has 5 nitrogen and oxygen atoms in total. The molecule has 0 aliphatic heterocycles. The summed E-state index contributed by atoms with van der Waals surface area (Å²) in [7, 11) is 1.85. The first-order valence-corrected chi connectivity index (χ1v) is 11.2. The number of nitrogens with two attached hydrogens (primary N) is 1. The highest BCUT2D eigenvalue weighted by atomic mass is 19.1. The third kappa shape index (κ3) is 6.56. The minimum absolute atomic E-state index is 0.0837. The maximum absolute atomic E-state index is 14.6. The molecule has 0 bridgehead atoms. The van der Waals surface area contributed by atoms with Gasteiger partial charge in [-0.1, -0.05) is 49.4 Å². The van der Waals surface area contributed by atoms with Crippen LogP contribution in [0.1, 0.15) is 38.0 Å². The van der Waals surface area contributed by atoms with Gasteiger partial charge in [0.25, 0.3) is 0 Å². The fourth-order valence-electron chi connectivity index (χ4n) is 3.73. The lowest BCUT2D eigenvalue weighted by Crippen LogP contribution is -2.35. The third-order valence-electron chi connectivity index (χ3n) is 5.49. The zero-order valence-corrected chi connectivity index (χ0v) is 19.4. The molecule has 1 aliphatic rings. The molecule has 0 spiro atoms. The monoisotopic (exact) mass is 449 g/mol. The van der Waals surface area contributed by atoms with Crippen LogP contribution in [0.5, 0.6) is 0 Å².